The number of ether oxygens (including phenoxy) is 1. The maximum atomic E-state index is 11.7. The number of carbonyl (C=O) groups excluding carboxylic acids is 1. The van der Waals surface area contributed by atoms with E-state index in [-0.39, 0.29) is 12.1 Å². The van der Waals surface area contributed by atoms with Crippen molar-refractivity contribution in [2.24, 2.45) is 11.8 Å². The van der Waals surface area contributed by atoms with Crippen LogP contribution in [0.3, 0.4) is 0 Å². The largest absolute Gasteiger partial charge is 0.462 e. The van der Waals surface area contributed by atoms with Crippen molar-refractivity contribution in [3.05, 3.63) is 12.2 Å². The molecule has 2 rings (SSSR count). The molecule has 0 spiro atoms. The van der Waals surface area contributed by atoms with E-state index in [9.17, 15) is 15.0 Å². The Bertz CT molecular complexity index is 420. The van der Waals surface area contributed by atoms with Crippen LogP contribution < -0.4 is 0 Å². The number of allylic oxidation sites excluding steroid dienone is 1. The molecular weight excluding hydrogens is 316 g/mol. The SMILES string of the molecule is CCCCCC(O)C(O)/C=C/C1CCCCCC1C1CCCC(=O)O1. The second kappa shape index (κ2) is 11.0. The van der Waals surface area contributed by atoms with Crippen molar-refractivity contribution >= 4 is 5.97 Å². The molecule has 1 aliphatic carbocycles. The Hall–Kier alpha value is -0.870. The first kappa shape index (κ1) is 20.4. The molecule has 1 aliphatic heterocycles. The number of unbranched alkanes of at least 4 members (excludes halogenated alkanes) is 2. The molecule has 1 saturated heterocycles. The second-order valence-corrected chi connectivity index (χ2v) is 7.82. The van der Waals surface area contributed by atoms with Gasteiger partial charge in [-0.3, -0.25) is 4.79 Å². The minimum Gasteiger partial charge on any atom is -0.462 e. The smallest absolute Gasteiger partial charge is 0.306 e. The van der Waals surface area contributed by atoms with Crippen molar-refractivity contribution in [2.45, 2.75) is 102 Å². The first-order valence-corrected chi connectivity index (χ1v) is 10.4. The molecule has 0 bridgehead atoms. The van der Waals surface area contributed by atoms with E-state index >= 15 is 0 Å². The first-order chi connectivity index (χ1) is 12.1. The van der Waals surface area contributed by atoms with Gasteiger partial charge < -0.3 is 14.9 Å². The molecule has 0 aromatic heterocycles. The summed E-state index contributed by atoms with van der Waals surface area (Å²) in [4.78, 5) is 11.7. The summed E-state index contributed by atoms with van der Waals surface area (Å²) in [7, 11) is 0. The average molecular weight is 353 g/mol. The van der Waals surface area contributed by atoms with Crippen LogP contribution in [0.1, 0.15) is 84.0 Å². The van der Waals surface area contributed by atoms with E-state index in [2.05, 4.69) is 13.0 Å². The summed E-state index contributed by atoms with van der Waals surface area (Å²) < 4.78 is 5.65. The number of carbonyl (C=O) groups is 1. The molecule has 2 fully saturated rings. The van der Waals surface area contributed by atoms with Crippen LogP contribution in [-0.2, 0) is 9.53 Å². The van der Waals surface area contributed by atoms with Crippen LogP contribution in [0.15, 0.2) is 12.2 Å². The average Bonchev–Trinajstić information content (AvgIpc) is 2.85. The molecule has 0 aromatic carbocycles. The minimum atomic E-state index is -0.797. The zero-order valence-corrected chi connectivity index (χ0v) is 15.7. The summed E-state index contributed by atoms with van der Waals surface area (Å²) >= 11 is 0. The van der Waals surface area contributed by atoms with Crippen molar-refractivity contribution in [3.8, 4) is 0 Å². The van der Waals surface area contributed by atoms with Crippen LogP contribution in [0.5, 0.6) is 0 Å². The summed E-state index contributed by atoms with van der Waals surface area (Å²) in [6, 6.07) is 0. The highest BCUT2D eigenvalue weighted by molar-refractivity contribution is 5.70. The first-order valence-electron chi connectivity index (χ1n) is 10.4. The predicted octanol–water partition coefficient (Wildman–Crippen LogP) is 4.14. The van der Waals surface area contributed by atoms with Crippen LogP contribution >= 0.6 is 0 Å². The fourth-order valence-corrected chi connectivity index (χ4v) is 4.26. The standard InChI is InChI=1S/C21H36O4/c1-2-3-5-11-18(22)19(23)15-14-16-9-6-4-7-10-17(16)20-12-8-13-21(24)25-20/h14-20,22-23H,2-13H2,1H3/b15-14+. The molecule has 1 saturated carbocycles. The van der Waals surface area contributed by atoms with E-state index in [0.717, 1.165) is 44.9 Å². The van der Waals surface area contributed by atoms with Gasteiger partial charge in [-0.25, -0.2) is 0 Å². The van der Waals surface area contributed by atoms with Gasteiger partial charge in [-0.2, -0.15) is 0 Å². The Morgan fingerprint density at radius 1 is 1.12 bits per heavy atom. The third-order valence-electron chi connectivity index (χ3n) is 5.81. The van der Waals surface area contributed by atoms with Crippen LogP contribution in [0.2, 0.25) is 0 Å². The molecule has 0 aromatic rings. The molecule has 25 heavy (non-hydrogen) atoms. The molecule has 5 unspecified atom stereocenters. The Morgan fingerprint density at radius 3 is 2.68 bits per heavy atom. The molecule has 0 amide bonds. The molecule has 1 heterocycles. The van der Waals surface area contributed by atoms with Gasteiger partial charge in [-0.1, -0.05) is 57.6 Å². The highest BCUT2D eigenvalue weighted by Gasteiger charge is 2.33. The van der Waals surface area contributed by atoms with Gasteiger partial charge in [0.15, 0.2) is 0 Å². The van der Waals surface area contributed by atoms with Crippen LogP contribution in [0, 0.1) is 11.8 Å². The Morgan fingerprint density at radius 2 is 1.92 bits per heavy atom. The lowest BCUT2D eigenvalue weighted by Crippen LogP contribution is -2.34. The monoisotopic (exact) mass is 352 g/mol. The molecule has 4 nitrogen and oxygen atoms in total. The summed E-state index contributed by atoms with van der Waals surface area (Å²) in [6.45, 7) is 2.13. The number of rotatable bonds is 8. The van der Waals surface area contributed by atoms with Crippen LogP contribution in [0.4, 0.5) is 0 Å². The molecule has 2 N–H and O–H groups in total. The third kappa shape index (κ3) is 6.74. The topological polar surface area (TPSA) is 66.8 Å². The van der Waals surface area contributed by atoms with Gasteiger partial charge in [0.25, 0.3) is 0 Å². The van der Waals surface area contributed by atoms with Crippen LogP contribution in [-0.4, -0.2) is 34.5 Å². The zero-order valence-electron chi connectivity index (χ0n) is 15.7. The normalized spacial score (nSPS) is 30.7. The Kier molecular flexibility index (Phi) is 8.97. The van der Waals surface area contributed by atoms with Crippen molar-refractivity contribution in [2.75, 3.05) is 0 Å². The summed E-state index contributed by atoms with van der Waals surface area (Å²) in [5, 5.41) is 20.3. The summed E-state index contributed by atoms with van der Waals surface area (Å²) in [6.07, 6.45) is 14.4. The lowest BCUT2D eigenvalue weighted by Gasteiger charge is -2.33. The number of hydrogen-bond acceptors (Lipinski definition) is 4. The third-order valence-corrected chi connectivity index (χ3v) is 5.81. The maximum Gasteiger partial charge on any atom is 0.306 e. The number of esters is 1. The van der Waals surface area contributed by atoms with E-state index in [1.807, 2.05) is 0 Å². The second-order valence-electron chi connectivity index (χ2n) is 7.82. The van der Waals surface area contributed by atoms with Gasteiger partial charge in [-0.05, 0) is 38.0 Å². The predicted molar refractivity (Wildman–Crippen MR) is 99.1 cm³/mol. The van der Waals surface area contributed by atoms with E-state index < -0.39 is 12.2 Å². The van der Waals surface area contributed by atoms with Crippen molar-refractivity contribution in [1.82, 2.24) is 0 Å². The van der Waals surface area contributed by atoms with Crippen LogP contribution in [0.25, 0.3) is 0 Å². The zero-order chi connectivity index (χ0) is 18.1. The Labute approximate surface area is 152 Å². The summed E-state index contributed by atoms with van der Waals surface area (Å²) in [5.41, 5.74) is 0. The highest BCUT2D eigenvalue weighted by atomic mass is 16.5. The van der Waals surface area contributed by atoms with Gasteiger partial charge in [-0.15, -0.1) is 0 Å². The molecular formula is C21H36O4. The molecule has 144 valence electrons. The molecule has 5 atom stereocenters. The number of hydrogen-bond donors (Lipinski definition) is 2. The van der Waals surface area contributed by atoms with Gasteiger partial charge in [0, 0.05) is 12.3 Å². The Balaban J connectivity index is 1.94. The molecule has 4 heteroatoms. The van der Waals surface area contributed by atoms with Gasteiger partial charge in [0.1, 0.15) is 6.10 Å². The van der Waals surface area contributed by atoms with E-state index in [4.69, 9.17) is 4.74 Å². The fourth-order valence-electron chi connectivity index (χ4n) is 4.26. The number of aliphatic hydroxyl groups excluding tert-OH is 2. The molecule has 2 aliphatic rings. The van der Waals surface area contributed by atoms with E-state index in [1.165, 1.54) is 19.3 Å². The summed E-state index contributed by atoms with van der Waals surface area (Å²) in [5.74, 6) is 0.623. The van der Waals surface area contributed by atoms with E-state index in [1.54, 1.807) is 6.08 Å². The van der Waals surface area contributed by atoms with E-state index in [0.29, 0.717) is 24.7 Å². The van der Waals surface area contributed by atoms with Gasteiger partial charge >= 0.3 is 5.97 Å². The highest BCUT2D eigenvalue weighted by Crippen LogP contribution is 2.36. The van der Waals surface area contributed by atoms with Gasteiger partial charge in [0.05, 0.1) is 12.2 Å². The quantitative estimate of drug-likeness (QED) is 0.298. The van der Waals surface area contributed by atoms with Crippen molar-refractivity contribution in [1.29, 1.82) is 0 Å². The minimum absolute atomic E-state index is 0.0284. The van der Waals surface area contributed by atoms with Gasteiger partial charge in [0.2, 0.25) is 0 Å². The molecule has 0 radical (unpaired) electrons. The van der Waals surface area contributed by atoms with Crippen molar-refractivity contribution in [3.63, 3.8) is 0 Å². The number of aliphatic hydroxyl groups is 2. The lowest BCUT2D eigenvalue weighted by molar-refractivity contribution is -0.158. The van der Waals surface area contributed by atoms with Crippen molar-refractivity contribution < 1.29 is 19.7 Å². The maximum absolute atomic E-state index is 11.7. The fraction of sp³-hybridized carbons (Fsp3) is 0.857. The number of cyclic esters (lactones) is 1. The lowest BCUT2D eigenvalue weighted by atomic mass is 9.80.